The van der Waals surface area contributed by atoms with E-state index in [1.54, 1.807) is 11.1 Å². The molecule has 2 heterocycles. The standard InChI is InChI=1S/C19H26N4O2/c24-15-17-8-11-23(14-17)19(25)21-13-18-20-9-12-22(18)10-4-7-16-5-2-1-3-6-16/h1-3,5-6,9,12,17,24H,4,7-8,10-11,13-15H2,(H,21,25). The average molecular weight is 342 g/mol. The molecule has 2 aromatic rings. The van der Waals surface area contributed by atoms with Crippen molar-refractivity contribution in [1.29, 1.82) is 0 Å². The third-order valence-corrected chi connectivity index (χ3v) is 4.74. The van der Waals surface area contributed by atoms with Crippen LogP contribution in [0.4, 0.5) is 4.79 Å². The predicted octanol–water partition coefficient (Wildman–Crippen LogP) is 2.04. The predicted molar refractivity (Wildman–Crippen MR) is 96.0 cm³/mol. The molecule has 1 aromatic heterocycles. The second kappa shape index (κ2) is 8.67. The van der Waals surface area contributed by atoms with Crippen LogP contribution in [0.3, 0.4) is 0 Å². The second-order valence-corrected chi connectivity index (χ2v) is 6.57. The van der Waals surface area contributed by atoms with Gasteiger partial charge in [-0.1, -0.05) is 30.3 Å². The molecule has 1 aliphatic heterocycles. The van der Waals surface area contributed by atoms with Gasteiger partial charge in [0.25, 0.3) is 0 Å². The van der Waals surface area contributed by atoms with Crippen LogP contribution in [0.15, 0.2) is 42.7 Å². The van der Waals surface area contributed by atoms with E-state index in [9.17, 15) is 9.90 Å². The Bertz CT molecular complexity index is 671. The van der Waals surface area contributed by atoms with Crippen molar-refractivity contribution < 1.29 is 9.90 Å². The van der Waals surface area contributed by atoms with E-state index in [0.29, 0.717) is 19.6 Å². The van der Waals surface area contributed by atoms with Gasteiger partial charge in [-0.25, -0.2) is 9.78 Å². The monoisotopic (exact) mass is 342 g/mol. The number of amides is 2. The summed E-state index contributed by atoms with van der Waals surface area (Å²) in [5.41, 5.74) is 1.34. The summed E-state index contributed by atoms with van der Waals surface area (Å²) in [6.07, 6.45) is 6.68. The number of rotatable bonds is 7. The Morgan fingerprint density at radius 1 is 1.32 bits per heavy atom. The number of carbonyl (C=O) groups excluding carboxylic acids is 1. The zero-order chi connectivity index (χ0) is 17.5. The molecule has 1 aromatic carbocycles. The topological polar surface area (TPSA) is 70.4 Å². The Kier molecular flexibility index (Phi) is 6.06. The van der Waals surface area contributed by atoms with Gasteiger partial charge < -0.3 is 19.9 Å². The first-order valence-electron chi connectivity index (χ1n) is 8.94. The number of nitrogens with zero attached hydrogens (tertiary/aromatic N) is 3. The number of carbonyl (C=O) groups is 1. The maximum absolute atomic E-state index is 12.2. The minimum absolute atomic E-state index is 0.0743. The molecule has 0 radical (unpaired) electrons. The van der Waals surface area contributed by atoms with Crippen LogP contribution in [0.1, 0.15) is 24.2 Å². The number of benzene rings is 1. The Morgan fingerprint density at radius 3 is 2.92 bits per heavy atom. The van der Waals surface area contributed by atoms with Gasteiger partial charge >= 0.3 is 6.03 Å². The van der Waals surface area contributed by atoms with Crippen molar-refractivity contribution in [3.8, 4) is 0 Å². The minimum Gasteiger partial charge on any atom is -0.396 e. The molecule has 1 unspecified atom stereocenters. The molecule has 0 aliphatic carbocycles. The van der Waals surface area contributed by atoms with Gasteiger partial charge in [0, 0.05) is 44.6 Å². The van der Waals surface area contributed by atoms with E-state index < -0.39 is 0 Å². The molecule has 1 saturated heterocycles. The first kappa shape index (κ1) is 17.5. The quantitative estimate of drug-likeness (QED) is 0.809. The highest BCUT2D eigenvalue weighted by molar-refractivity contribution is 5.74. The lowest BCUT2D eigenvalue weighted by Crippen LogP contribution is -2.38. The van der Waals surface area contributed by atoms with Crippen molar-refractivity contribution in [3.05, 3.63) is 54.1 Å². The number of hydrogen-bond acceptors (Lipinski definition) is 3. The fourth-order valence-corrected chi connectivity index (χ4v) is 3.24. The van der Waals surface area contributed by atoms with Gasteiger partial charge in [-0.15, -0.1) is 0 Å². The van der Waals surface area contributed by atoms with Crippen LogP contribution in [0.5, 0.6) is 0 Å². The largest absolute Gasteiger partial charge is 0.396 e. The molecule has 1 aliphatic rings. The van der Waals surface area contributed by atoms with Crippen LogP contribution in [-0.4, -0.2) is 45.3 Å². The van der Waals surface area contributed by atoms with Gasteiger partial charge in [0.05, 0.1) is 6.54 Å². The highest BCUT2D eigenvalue weighted by Crippen LogP contribution is 2.15. The van der Waals surface area contributed by atoms with Gasteiger partial charge in [0.15, 0.2) is 0 Å². The Balaban J connectivity index is 1.44. The van der Waals surface area contributed by atoms with Gasteiger partial charge in [0.1, 0.15) is 5.82 Å². The van der Waals surface area contributed by atoms with Crippen molar-refractivity contribution in [2.45, 2.75) is 32.4 Å². The van der Waals surface area contributed by atoms with Gasteiger partial charge in [-0.05, 0) is 24.8 Å². The molecule has 0 spiro atoms. The fourth-order valence-electron chi connectivity index (χ4n) is 3.24. The number of aromatic nitrogens is 2. The first-order valence-corrected chi connectivity index (χ1v) is 8.94. The van der Waals surface area contributed by atoms with Gasteiger partial charge in [-0.3, -0.25) is 0 Å². The maximum Gasteiger partial charge on any atom is 0.317 e. The third kappa shape index (κ3) is 4.82. The van der Waals surface area contributed by atoms with E-state index in [1.165, 1.54) is 5.56 Å². The lowest BCUT2D eigenvalue weighted by Gasteiger charge is -2.17. The lowest BCUT2D eigenvalue weighted by atomic mass is 10.1. The number of imidazole rings is 1. The van der Waals surface area contributed by atoms with Crippen molar-refractivity contribution in [2.24, 2.45) is 5.92 Å². The van der Waals surface area contributed by atoms with E-state index in [2.05, 4.69) is 39.1 Å². The SMILES string of the molecule is O=C(NCc1nccn1CCCc1ccccc1)N1CCC(CO)C1. The molecule has 0 bridgehead atoms. The smallest absolute Gasteiger partial charge is 0.317 e. The number of urea groups is 1. The number of aliphatic hydroxyl groups excluding tert-OH is 1. The van der Waals surface area contributed by atoms with Crippen molar-refractivity contribution in [1.82, 2.24) is 19.8 Å². The van der Waals surface area contributed by atoms with E-state index in [-0.39, 0.29) is 18.6 Å². The van der Waals surface area contributed by atoms with Crippen LogP contribution < -0.4 is 5.32 Å². The van der Waals surface area contributed by atoms with Gasteiger partial charge in [-0.2, -0.15) is 0 Å². The highest BCUT2D eigenvalue weighted by Gasteiger charge is 2.25. The summed E-state index contributed by atoms with van der Waals surface area (Å²) in [6, 6.07) is 10.4. The molecule has 3 rings (SSSR count). The van der Waals surface area contributed by atoms with Crippen molar-refractivity contribution in [3.63, 3.8) is 0 Å². The zero-order valence-electron chi connectivity index (χ0n) is 14.5. The summed E-state index contributed by atoms with van der Waals surface area (Å²) in [6.45, 7) is 2.81. The molecule has 1 atom stereocenters. The number of nitrogens with one attached hydrogen (secondary N) is 1. The molecule has 134 valence electrons. The summed E-state index contributed by atoms with van der Waals surface area (Å²) in [4.78, 5) is 18.3. The van der Waals surface area contributed by atoms with E-state index in [4.69, 9.17) is 0 Å². The number of hydrogen-bond donors (Lipinski definition) is 2. The van der Waals surface area contributed by atoms with Crippen LogP contribution in [0.25, 0.3) is 0 Å². The van der Waals surface area contributed by atoms with Gasteiger partial charge in [0.2, 0.25) is 0 Å². The molecule has 2 amide bonds. The Morgan fingerprint density at radius 2 is 2.16 bits per heavy atom. The molecule has 1 fully saturated rings. The number of likely N-dealkylation sites (tertiary alicyclic amines) is 1. The summed E-state index contributed by atoms with van der Waals surface area (Å²) in [7, 11) is 0. The van der Waals surface area contributed by atoms with Crippen LogP contribution in [0, 0.1) is 5.92 Å². The second-order valence-electron chi connectivity index (χ2n) is 6.57. The minimum atomic E-state index is -0.0743. The molecule has 0 saturated carbocycles. The lowest BCUT2D eigenvalue weighted by molar-refractivity contribution is 0.197. The molecule has 6 nitrogen and oxygen atoms in total. The maximum atomic E-state index is 12.2. The fraction of sp³-hybridized carbons (Fsp3) is 0.474. The van der Waals surface area contributed by atoms with Crippen LogP contribution >= 0.6 is 0 Å². The number of aliphatic hydroxyl groups is 1. The zero-order valence-corrected chi connectivity index (χ0v) is 14.5. The highest BCUT2D eigenvalue weighted by atomic mass is 16.3. The Hall–Kier alpha value is -2.34. The van der Waals surface area contributed by atoms with E-state index in [1.807, 2.05) is 12.3 Å². The number of aryl methyl sites for hydroxylation is 2. The van der Waals surface area contributed by atoms with Crippen LogP contribution in [-0.2, 0) is 19.5 Å². The molecule has 2 N–H and O–H groups in total. The molecular formula is C19H26N4O2. The molecular weight excluding hydrogens is 316 g/mol. The average Bonchev–Trinajstić information content (AvgIpc) is 3.30. The third-order valence-electron chi connectivity index (χ3n) is 4.74. The van der Waals surface area contributed by atoms with Crippen molar-refractivity contribution in [2.75, 3.05) is 19.7 Å². The molecule has 6 heteroatoms. The van der Waals surface area contributed by atoms with Crippen LogP contribution in [0.2, 0.25) is 0 Å². The normalized spacial score (nSPS) is 17.0. The van der Waals surface area contributed by atoms with Crippen molar-refractivity contribution >= 4 is 6.03 Å². The summed E-state index contributed by atoms with van der Waals surface area (Å²) in [5.74, 6) is 1.09. The summed E-state index contributed by atoms with van der Waals surface area (Å²) < 4.78 is 2.10. The first-order chi connectivity index (χ1) is 12.3. The summed E-state index contributed by atoms with van der Waals surface area (Å²) in [5, 5.41) is 12.1. The molecule has 25 heavy (non-hydrogen) atoms. The summed E-state index contributed by atoms with van der Waals surface area (Å²) >= 11 is 0. The Labute approximate surface area is 148 Å². The van der Waals surface area contributed by atoms with E-state index in [0.717, 1.165) is 31.6 Å². The van der Waals surface area contributed by atoms with E-state index >= 15 is 0 Å².